The first-order chi connectivity index (χ1) is 10.4. The summed E-state index contributed by atoms with van der Waals surface area (Å²) in [6, 6.07) is 6.00. The van der Waals surface area contributed by atoms with Crippen molar-refractivity contribution in [1.82, 2.24) is 14.8 Å². The van der Waals surface area contributed by atoms with Crippen molar-refractivity contribution in [3.05, 3.63) is 48.3 Å². The zero-order chi connectivity index (χ0) is 16.2. The second kappa shape index (κ2) is 6.81. The molecule has 1 aromatic carbocycles. The fraction of sp³-hybridized carbons (Fsp3) is 0.375. The Labute approximate surface area is 129 Å². The second-order valence-corrected chi connectivity index (χ2v) is 5.40. The van der Waals surface area contributed by atoms with Gasteiger partial charge in [0.05, 0.1) is 11.3 Å². The Hall–Kier alpha value is -2.05. The van der Waals surface area contributed by atoms with Gasteiger partial charge in [-0.3, -0.25) is 0 Å². The quantitative estimate of drug-likeness (QED) is 0.891. The summed E-state index contributed by atoms with van der Waals surface area (Å²) in [5, 5.41) is 14.8. The van der Waals surface area contributed by atoms with E-state index in [-0.39, 0.29) is 5.82 Å². The van der Waals surface area contributed by atoms with E-state index >= 15 is 0 Å². The standard InChI is InChI=1S/C16H20FN3O2/c1-4-22-16(2,3)15(21)14(20-11-18-10-19-20)9-12-5-7-13(17)8-6-12/h5-11,15,21H,4H2,1-3H3/b14-9-. The number of hydrogen-bond acceptors (Lipinski definition) is 4. The van der Waals surface area contributed by atoms with E-state index < -0.39 is 11.7 Å². The molecule has 0 aliphatic heterocycles. The summed E-state index contributed by atoms with van der Waals surface area (Å²) in [7, 11) is 0. The number of aliphatic hydroxyl groups excluding tert-OH is 1. The normalized spacial score (nSPS) is 14.1. The Bertz CT molecular complexity index is 621. The third-order valence-corrected chi connectivity index (χ3v) is 3.32. The molecule has 1 atom stereocenters. The molecule has 0 amide bonds. The van der Waals surface area contributed by atoms with Gasteiger partial charge in [0.2, 0.25) is 0 Å². The van der Waals surface area contributed by atoms with E-state index in [2.05, 4.69) is 10.1 Å². The van der Waals surface area contributed by atoms with Gasteiger partial charge in [-0.1, -0.05) is 12.1 Å². The van der Waals surface area contributed by atoms with Crippen LogP contribution in [0.3, 0.4) is 0 Å². The maximum atomic E-state index is 13.0. The minimum absolute atomic E-state index is 0.311. The zero-order valence-electron chi connectivity index (χ0n) is 12.9. The number of aliphatic hydroxyl groups is 1. The molecule has 0 spiro atoms. The van der Waals surface area contributed by atoms with E-state index in [1.807, 2.05) is 6.92 Å². The Morgan fingerprint density at radius 1 is 1.41 bits per heavy atom. The van der Waals surface area contributed by atoms with Crippen LogP contribution in [-0.2, 0) is 4.74 Å². The summed E-state index contributed by atoms with van der Waals surface area (Å²) in [4.78, 5) is 3.91. The summed E-state index contributed by atoms with van der Waals surface area (Å²) >= 11 is 0. The predicted molar refractivity (Wildman–Crippen MR) is 82.3 cm³/mol. The zero-order valence-corrected chi connectivity index (χ0v) is 12.9. The molecule has 0 saturated heterocycles. The highest BCUT2D eigenvalue weighted by Crippen LogP contribution is 2.25. The Balaban J connectivity index is 2.41. The van der Waals surface area contributed by atoms with Crippen LogP contribution in [0, 0.1) is 5.82 Å². The average Bonchev–Trinajstić information content (AvgIpc) is 3.00. The van der Waals surface area contributed by atoms with Crippen LogP contribution in [0.2, 0.25) is 0 Å². The Morgan fingerprint density at radius 2 is 2.09 bits per heavy atom. The van der Waals surface area contributed by atoms with Crippen molar-refractivity contribution in [3.63, 3.8) is 0 Å². The number of rotatable bonds is 6. The van der Waals surface area contributed by atoms with Gasteiger partial charge in [-0.05, 0) is 44.5 Å². The lowest BCUT2D eigenvalue weighted by atomic mass is 9.97. The van der Waals surface area contributed by atoms with Crippen molar-refractivity contribution in [1.29, 1.82) is 0 Å². The van der Waals surface area contributed by atoms with Crippen molar-refractivity contribution in [2.24, 2.45) is 0 Å². The largest absolute Gasteiger partial charge is 0.384 e. The summed E-state index contributed by atoms with van der Waals surface area (Å²) in [6.45, 7) is 5.95. The molecular weight excluding hydrogens is 285 g/mol. The van der Waals surface area contributed by atoms with Gasteiger partial charge < -0.3 is 9.84 Å². The molecular formula is C16H20FN3O2. The monoisotopic (exact) mass is 305 g/mol. The lowest BCUT2D eigenvalue weighted by Crippen LogP contribution is -2.41. The van der Waals surface area contributed by atoms with Gasteiger partial charge >= 0.3 is 0 Å². The Morgan fingerprint density at radius 3 is 2.64 bits per heavy atom. The third-order valence-electron chi connectivity index (χ3n) is 3.32. The maximum Gasteiger partial charge on any atom is 0.138 e. The molecule has 2 rings (SSSR count). The first-order valence-electron chi connectivity index (χ1n) is 7.08. The highest BCUT2D eigenvalue weighted by Gasteiger charge is 2.32. The van der Waals surface area contributed by atoms with Gasteiger partial charge in [0.15, 0.2) is 0 Å². The number of benzene rings is 1. The van der Waals surface area contributed by atoms with E-state index in [1.165, 1.54) is 29.5 Å². The van der Waals surface area contributed by atoms with Crippen LogP contribution < -0.4 is 0 Å². The van der Waals surface area contributed by atoms with Crippen LogP contribution >= 0.6 is 0 Å². The van der Waals surface area contributed by atoms with E-state index in [0.717, 1.165) is 5.56 Å². The SMILES string of the molecule is CCOC(C)(C)C(O)/C(=C/c1ccc(F)cc1)n1cncn1. The maximum absolute atomic E-state index is 13.0. The lowest BCUT2D eigenvalue weighted by Gasteiger charge is -2.31. The predicted octanol–water partition coefficient (Wildman–Crippen LogP) is 2.59. The fourth-order valence-electron chi connectivity index (χ4n) is 2.15. The fourth-order valence-corrected chi connectivity index (χ4v) is 2.15. The highest BCUT2D eigenvalue weighted by atomic mass is 19.1. The summed E-state index contributed by atoms with van der Waals surface area (Å²) < 4.78 is 20.1. The van der Waals surface area contributed by atoms with Gasteiger partial charge in [-0.2, -0.15) is 5.10 Å². The van der Waals surface area contributed by atoms with Crippen molar-refractivity contribution < 1.29 is 14.2 Å². The molecule has 1 aromatic heterocycles. The van der Waals surface area contributed by atoms with Crippen molar-refractivity contribution in [2.45, 2.75) is 32.5 Å². The topological polar surface area (TPSA) is 60.2 Å². The van der Waals surface area contributed by atoms with Crippen molar-refractivity contribution in [3.8, 4) is 0 Å². The molecule has 22 heavy (non-hydrogen) atoms. The minimum Gasteiger partial charge on any atom is -0.384 e. The smallest absolute Gasteiger partial charge is 0.138 e. The highest BCUT2D eigenvalue weighted by molar-refractivity contribution is 5.73. The van der Waals surface area contributed by atoms with E-state index in [4.69, 9.17) is 4.74 Å². The first kappa shape index (κ1) is 16.3. The molecule has 0 fully saturated rings. The summed E-state index contributed by atoms with van der Waals surface area (Å²) in [6.07, 6.45) is 3.69. The van der Waals surface area contributed by atoms with E-state index in [0.29, 0.717) is 12.3 Å². The van der Waals surface area contributed by atoms with Crippen LogP contribution in [0.5, 0.6) is 0 Å². The number of nitrogens with zero attached hydrogens (tertiary/aromatic N) is 3. The molecule has 0 aliphatic rings. The van der Waals surface area contributed by atoms with E-state index in [1.54, 1.807) is 32.1 Å². The molecule has 0 aliphatic carbocycles. The van der Waals surface area contributed by atoms with Gasteiger partial charge in [0, 0.05) is 6.61 Å². The number of ether oxygens (including phenoxy) is 1. The Kier molecular flexibility index (Phi) is 5.05. The molecule has 2 aromatic rings. The van der Waals surface area contributed by atoms with E-state index in [9.17, 15) is 9.50 Å². The summed E-state index contributed by atoms with van der Waals surface area (Å²) in [5.41, 5.74) is 0.452. The summed E-state index contributed by atoms with van der Waals surface area (Å²) in [5.74, 6) is -0.311. The van der Waals surface area contributed by atoms with Crippen molar-refractivity contribution >= 4 is 11.8 Å². The second-order valence-electron chi connectivity index (χ2n) is 5.40. The van der Waals surface area contributed by atoms with Gasteiger partial charge in [0.25, 0.3) is 0 Å². The van der Waals surface area contributed by atoms with Crippen LogP contribution in [0.15, 0.2) is 36.9 Å². The molecule has 5 nitrogen and oxygen atoms in total. The van der Waals surface area contributed by atoms with Gasteiger partial charge in [-0.15, -0.1) is 0 Å². The van der Waals surface area contributed by atoms with Crippen LogP contribution in [0.4, 0.5) is 4.39 Å². The van der Waals surface area contributed by atoms with Crippen molar-refractivity contribution in [2.75, 3.05) is 6.61 Å². The molecule has 118 valence electrons. The molecule has 0 bridgehead atoms. The van der Waals surface area contributed by atoms with Gasteiger partial charge in [0.1, 0.15) is 24.6 Å². The van der Waals surface area contributed by atoms with Gasteiger partial charge in [-0.25, -0.2) is 14.1 Å². The lowest BCUT2D eigenvalue weighted by molar-refractivity contribution is -0.0753. The molecule has 1 heterocycles. The molecule has 6 heteroatoms. The molecule has 0 radical (unpaired) electrons. The minimum atomic E-state index is -0.931. The third kappa shape index (κ3) is 3.78. The van der Waals surface area contributed by atoms with Crippen LogP contribution in [-0.4, -0.2) is 38.2 Å². The first-order valence-corrected chi connectivity index (χ1v) is 7.08. The number of aromatic nitrogens is 3. The molecule has 1 unspecified atom stereocenters. The molecule has 1 N–H and O–H groups in total. The van der Waals surface area contributed by atoms with Crippen LogP contribution in [0.1, 0.15) is 26.3 Å². The molecule has 0 saturated carbocycles. The number of hydrogen-bond donors (Lipinski definition) is 1. The average molecular weight is 305 g/mol. The van der Waals surface area contributed by atoms with Crippen LogP contribution in [0.25, 0.3) is 11.8 Å². The number of halogens is 1.